The first-order valence-corrected chi connectivity index (χ1v) is 5.25. The van der Waals surface area contributed by atoms with Gasteiger partial charge in [0.15, 0.2) is 0 Å². The van der Waals surface area contributed by atoms with Crippen LogP contribution in [-0.4, -0.2) is 12.6 Å². The molecule has 0 bridgehead atoms. The molecule has 1 saturated carbocycles. The number of hydrogen-bond acceptors (Lipinski definition) is 0. The van der Waals surface area contributed by atoms with Crippen molar-refractivity contribution < 1.29 is 5.32 Å². The van der Waals surface area contributed by atoms with Gasteiger partial charge >= 0.3 is 0 Å². The van der Waals surface area contributed by atoms with Crippen LogP contribution in [0.4, 0.5) is 0 Å². The minimum absolute atomic E-state index is 0.873. The Bertz CT molecular complexity index is 128. The summed E-state index contributed by atoms with van der Waals surface area (Å²) in [5.41, 5.74) is 0. The second-order valence-electron chi connectivity index (χ2n) is 3.36. The van der Waals surface area contributed by atoms with E-state index >= 15 is 0 Å². The SMILES string of the molecule is C=C(Br)C[NH2+]C1CCCCC1. The highest BCUT2D eigenvalue weighted by atomic mass is 79.9. The molecule has 0 atom stereocenters. The average Bonchev–Trinajstić information content (AvgIpc) is 2.03. The third-order valence-corrected chi connectivity index (χ3v) is 2.65. The van der Waals surface area contributed by atoms with E-state index in [0.717, 1.165) is 17.1 Å². The minimum atomic E-state index is 0.873. The molecule has 0 unspecified atom stereocenters. The van der Waals surface area contributed by atoms with Gasteiger partial charge in [0.2, 0.25) is 0 Å². The van der Waals surface area contributed by atoms with Gasteiger partial charge in [0, 0.05) is 4.48 Å². The fraction of sp³-hybridized carbons (Fsp3) is 0.778. The molecule has 1 rings (SSSR count). The van der Waals surface area contributed by atoms with Crippen molar-refractivity contribution in [2.75, 3.05) is 6.54 Å². The summed E-state index contributed by atoms with van der Waals surface area (Å²) in [6.07, 6.45) is 7.10. The van der Waals surface area contributed by atoms with Crippen molar-refractivity contribution in [3.8, 4) is 0 Å². The van der Waals surface area contributed by atoms with E-state index in [1.807, 2.05) is 0 Å². The summed E-state index contributed by atoms with van der Waals surface area (Å²) < 4.78 is 1.11. The number of rotatable bonds is 3. The van der Waals surface area contributed by atoms with Gasteiger partial charge in [-0.05, 0) is 25.7 Å². The Balaban J connectivity index is 2.09. The molecule has 0 aromatic heterocycles. The van der Waals surface area contributed by atoms with Crippen molar-refractivity contribution in [3.05, 3.63) is 11.1 Å². The molecular formula is C9H17BrN+. The van der Waals surface area contributed by atoms with Crippen molar-refractivity contribution in [1.29, 1.82) is 0 Å². The normalized spacial score (nSPS) is 20.1. The van der Waals surface area contributed by atoms with Crippen LogP contribution in [0.2, 0.25) is 0 Å². The van der Waals surface area contributed by atoms with Gasteiger partial charge in [-0.3, -0.25) is 0 Å². The molecule has 0 aromatic carbocycles. The smallest absolute Gasteiger partial charge is 0.107 e. The van der Waals surface area contributed by atoms with E-state index in [1.54, 1.807) is 0 Å². The predicted molar refractivity (Wildman–Crippen MR) is 51.7 cm³/mol. The van der Waals surface area contributed by atoms with Gasteiger partial charge in [-0.2, -0.15) is 0 Å². The molecule has 2 N–H and O–H groups in total. The fourth-order valence-corrected chi connectivity index (χ4v) is 1.85. The molecule has 1 nitrogen and oxygen atoms in total. The Morgan fingerprint density at radius 1 is 1.36 bits per heavy atom. The summed E-state index contributed by atoms with van der Waals surface area (Å²) >= 11 is 3.38. The molecule has 0 spiro atoms. The van der Waals surface area contributed by atoms with Gasteiger partial charge in [-0.15, -0.1) is 0 Å². The molecule has 1 fully saturated rings. The largest absolute Gasteiger partial charge is 0.340 e. The van der Waals surface area contributed by atoms with Crippen LogP contribution in [0, 0.1) is 0 Å². The Kier molecular flexibility index (Phi) is 4.16. The van der Waals surface area contributed by atoms with Crippen LogP contribution < -0.4 is 5.32 Å². The molecule has 2 heteroatoms. The lowest BCUT2D eigenvalue weighted by atomic mass is 9.96. The van der Waals surface area contributed by atoms with E-state index in [4.69, 9.17) is 0 Å². The lowest BCUT2D eigenvalue weighted by molar-refractivity contribution is -0.684. The molecular weight excluding hydrogens is 202 g/mol. The highest BCUT2D eigenvalue weighted by molar-refractivity contribution is 9.11. The summed E-state index contributed by atoms with van der Waals surface area (Å²) in [5, 5.41) is 2.41. The van der Waals surface area contributed by atoms with Crippen LogP contribution >= 0.6 is 15.9 Å². The summed E-state index contributed by atoms with van der Waals surface area (Å²) in [6.45, 7) is 4.87. The number of halogens is 1. The maximum atomic E-state index is 3.82. The maximum absolute atomic E-state index is 3.82. The molecule has 1 aliphatic carbocycles. The zero-order valence-corrected chi connectivity index (χ0v) is 8.57. The van der Waals surface area contributed by atoms with Gasteiger partial charge in [-0.1, -0.05) is 28.9 Å². The molecule has 0 radical (unpaired) electrons. The molecule has 11 heavy (non-hydrogen) atoms. The van der Waals surface area contributed by atoms with Gasteiger partial charge in [0.05, 0.1) is 6.04 Å². The molecule has 0 aromatic rings. The van der Waals surface area contributed by atoms with Crippen molar-refractivity contribution in [2.24, 2.45) is 0 Å². The Labute approximate surface area is 77.4 Å². The van der Waals surface area contributed by atoms with Crippen molar-refractivity contribution in [3.63, 3.8) is 0 Å². The van der Waals surface area contributed by atoms with Crippen molar-refractivity contribution >= 4 is 15.9 Å². The standard InChI is InChI=1S/C9H16BrN/c1-8(10)7-11-9-5-3-2-4-6-9/h9,11H,1-7H2/p+1. The number of quaternary nitrogens is 1. The van der Waals surface area contributed by atoms with Crippen LogP contribution in [0.15, 0.2) is 11.1 Å². The predicted octanol–water partition coefficient (Wildman–Crippen LogP) is 1.79. The van der Waals surface area contributed by atoms with Crippen molar-refractivity contribution in [2.45, 2.75) is 38.1 Å². The van der Waals surface area contributed by atoms with E-state index in [0.29, 0.717) is 0 Å². The van der Waals surface area contributed by atoms with E-state index in [9.17, 15) is 0 Å². The van der Waals surface area contributed by atoms with Crippen LogP contribution in [0.1, 0.15) is 32.1 Å². The Morgan fingerprint density at radius 3 is 2.55 bits per heavy atom. The third-order valence-electron chi connectivity index (χ3n) is 2.32. The zero-order valence-electron chi connectivity index (χ0n) is 6.98. The van der Waals surface area contributed by atoms with Gasteiger partial charge < -0.3 is 5.32 Å². The monoisotopic (exact) mass is 218 g/mol. The van der Waals surface area contributed by atoms with Gasteiger partial charge in [0.25, 0.3) is 0 Å². The summed E-state index contributed by atoms with van der Waals surface area (Å²) in [6, 6.07) is 0.873. The van der Waals surface area contributed by atoms with Crippen molar-refractivity contribution in [1.82, 2.24) is 0 Å². The van der Waals surface area contributed by atoms with E-state index < -0.39 is 0 Å². The minimum Gasteiger partial charge on any atom is -0.340 e. The van der Waals surface area contributed by atoms with Crippen LogP contribution in [-0.2, 0) is 0 Å². The van der Waals surface area contributed by atoms with E-state index in [-0.39, 0.29) is 0 Å². The highest BCUT2D eigenvalue weighted by Gasteiger charge is 2.15. The maximum Gasteiger partial charge on any atom is 0.107 e. The van der Waals surface area contributed by atoms with E-state index in [2.05, 4.69) is 27.8 Å². The number of nitrogens with two attached hydrogens (primary N) is 1. The first kappa shape index (κ1) is 9.27. The zero-order chi connectivity index (χ0) is 8.10. The van der Waals surface area contributed by atoms with Gasteiger partial charge in [-0.25, -0.2) is 0 Å². The summed E-state index contributed by atoms with van der Waals surface area (Å²) in [5.74, 6) is 0. The Morgan fingerprint density at radius 2 is 2.00 bits per heavy atom. The quantitative estimate of drug-likeness (QED) is 0.745. The highest BCUT2D eigenvalue weighted by Crippen LogP contribution is 2.14. The first-order valence-electron chi connectivity index (χ1n) is 4.45. The average molecular weight is 219 g/mol. The van der Waals surface area contributed by atoms with E-state index in [1.165, 1.54) is 32.1 Å². The molecule has 0 amide bonds. The van der Waals surface area contributed by atoms with Gasteiger partial charge in [0.1, 0.15) is 6.54 Å². The first-order chi connectivity index (χ1) is 5.29. The molecule has 1 aliphatic rings. The van der Waals surface area contributed by atoms with Crippen LogP contribution in [0.25, 0.3) is 0 Å². The fourth-order valence-electron chi connectivity index (χ4n) is 1.66. The van der Waals surface area contributed by atoms with Crippen LogP contribution in [0.5, 0.6) is 0 Å². The molecule has 0 heterocycles. The summed E-state index contributed by atoms with van der Waals surface area (Å²) in [7, 11) is 0. The second-order valence-corrected chi connectivity index (χ2v) is 4.48. The lowest BCUT2D eigenvalue weighted by Crippen LogP contribution is -2.90. The topological polar surface area (TPSA) is 16.6 Å². The van der Waals surface area contributed by atoms with Crippen LogP contribution in [0.3, 0.4) is 0 Å². The Hall–Kier alpha value is 0.180. The molecule has 64 valence electrons. The third kappa shape index (κ3) is 3.92. The lowest BCUT2D eigenvalue weighted by Gasteiger charge is -2.19. The second kappa shape index (κ2) is 4.94. The molecule has 0 saturated heterocycles. The summed E-state index contributed by atoms with van der Waals surface area (Å²) in [4.78, 5) is 0. The molecule has 0 aliphatic heterocycles. The number of hydrogen-bond donors (Lipinski definition) is 1.